The molecule has 0 saturated heterocycles. The molecule has 84 valence electrons. The van der Waals surface area contributed by atoms with Gasteiger partial charge >= 0.3 is 11.9 Å². The molecule has 0 spiro atoms. The van der Waals surface area contributed by atoms with E-state index in [0.29, 0.717) is 6.42 Å². The molecule has 3 atom stereocenters. The van der Waals surface area contributed by atoms with Crippen molar-refractivity contribution in [1.82, 2.24) is 0 Å². The van der Waals surface area contributed by atoms with E-state index in [1.54, 1.807) is 0 Å². The lowest BCUT2D eigenvalue weighted by atomic mass is 9.74. The predicted octanol–water partition coefficient (Wildman–Crippen LogP) is 1.46. The van der Waals surface area contributed by atoms with Crippen LogP contribution in [0.25, 0.3) is 0 Å². The van der Waals surface area contributed by atoms with Crippen LogP contribution in [-0.2, 0) is 14.3 Å². The van der Waals surface area contributed by atoms with Crippen molar-refractivity contribution >= 4 is 11.9 Å². The molecule has 0 heterocycles. The minimum absolute atomic E-state index is 0.125. The summed E-state index contributed by atoms with van der Waals surface area (Å²) in [6, 6.07) is 0. The van der Waals surface area contributed by atoms with Crippen molar-refractivity contribution in [2.45, 2.75) is 20.3 Å². The number of carbonyl (C=O) groups excluding carboxylic acids is 1. The Morgan fingerprint density at radius 2 is 2.13 bits per heavy atom. The lowest BCUT2D eigenvalue weighted by Crippen LogP contribution is -2.37. The van der Waals surface area contributed by atoms with Crippen molar-refractivity contribution in [2.24, 2.45) is 17.8 Å². The molecule has 0 aromatic rings. The summed E-state index contributed by atoms with van der Waals surface area (Å²) in [5, 5.41) is 9.07. The minimum atomic E-state index is -0.929. The highest BCUT2D eigenvalue weighted by Gasteiger charge is 2.40. The average molecular weight is 212 g/mol. The first-order valence-corrected chi connectivity index (χ1v) is 4.95. The number of hydrogen-bond donors (Lipinski definition) is 1. The molecule has 0 aromatic heterocycles. The zero-order valence-corrected chi connectivity index (χ0v) is 9.19. The number of rotatable bonds is 2. The molecule has 1 aliphatic carbocycles. The van der Waals surface area contributed by atoms with Gasteiger partial charge in [-0.3, -0.25) is 9.59 Å². The fraction of sp³-hybridized carbons (Fsp3) is 0.636. The highest BCUT2D eigenvalue weighted by molar-refractivity contribution is 5.82. The molecule has 0 aromatic carbocycles. The zero-order valence-electron chi connectivity index (χ0n) is 9.19. The fourth-order valence-corrected chi connectivity index (χ4v) is 2.24. The van der Waals surface area contributed by atoms with E-state index in [4.69, 9.17) is 5.11 Å². The molecule has 15 heavy (non-hydrogen) atoms. The first-order valence-electron chi connectivity index (χ1n) is 4.95. The molecule has 0 unspecified atom stereocenters. The molecule has 0 amide bonds. The van der Waals surface area contributed by atoms with E-state index < -0.39 is 23.8 Å². The second kappa shape index (κ2) is 4.47. The second-order valence-corrected chi connectivity index (χ2v) is 4.07. The van der Waals surface area contributed by atoms with E-state index in [1.165, 1.54) is 7.11 Å². The van der Waals surface area contributed by atoms with Gasteiger partial charge in [-0.2, -0.15) is 0 Å². The Hall–Kier alpha value is -1.32. The molecule has 0 aliphatic heterocycles. The van der Waals surface area contributed by atoms with E-state index in [-0.39, 0.29) is 5.92 Å². The Labute approximate surface area is 88.9 Å². The number of aliphatic carboxylic acids is 1. The van der Waals surface area contributed by atoms with Crippen LogP contribution in [0.4, 0.5) is 0 Å². The van der Waals surface area contributed by atoms with Crippen LogP contribution in [0.1, 0.15) is 20.3 Å². The van der Waals surface area contributed by atoms with Gasteiger partial charge in [0, 0.05) is 0 Å². The number of carboxylic acids is 1. The maximum Gasteiger partial charge on any atom is 0.309 e. The summed E-state index contributed by atoms with van der Waals surface area (Å²) in [4.78, 5) is 22.5. The summed E-state index contributed by atoms with van der Waals surface area (Å²) in [5.41, 5.74) is 1.05. The maximum absolute atomic E-state index is 11.5. The average Bonchev–Trinajstić information content (AvgIpc) is 2.14. The number of ether oxygens (including phenoxy) is 1. The van der Waals surface area contributed by atoms with E-state index in [2.05, 4.69) is 4.74 Å². The summed E-state index contributed by atoms with van der Waals surface area (Å²) >= 11 is 0. The Bertz CT molecular complexity index is 306. The topological polar surface area (TPSA) is 63.6 Å². The molecule has 0 fully saturated rings. The highest BCUT2D eigenvalue weighted by Crippen LogP contribution is 2.34. The van der Waals surface area contributed by atoms with Gasteiger partial charge in [-0.05, 0) is 19.3 Å². The molecular formula is C11H16O4. The number of allylic oxidation sites excluding steroid dienone is 2. The summed E-state index contributed by atoms with van der Waals surface area (Å²) in [6.45, 7) is 3.72. The number of carboxylic acid groups (broad SMARTS) is 1. The van der Waals surface area contributed by atoms with Gasteiger partial charge in [-0.25, -0.2) is 0 Å². The zero-order chi connectivity index (χ0) is 11.6. The maximum atomic E-state index is 11.5. The minimum Gasteiger partial charge on any atom is -0.481 e. The lowest BCUT2D eigenvalue weighted by molar-refractivity contribution is -0.157. The molecule has 0 bridgehead atoms. The van der Waals surface area contributed by atoms with Crippen molar-refractivity contribution in [3.63, 3.8) is 0 Å². The summed E-state index contributed by atoms with van der Waals surface area (Å²) in [5.74, 6) is -2.70. The van der Waals surface area contributed by atoms with E-state index in [9.17, 15) is 9.59 Å². The third-order valence-electron chi connectivity index (χ3n) is 2.88. The molecule has 1 N–H and O–H groups in total. The highest BCUT2D eigenvalue weighted by atomic mass is 16.5. The van der Waals surface area contributed by atoms with E-state index in [1.807, 2.05) is 19.9 Å². The Kier molecular flexibility index (Phi) is 3.50. The van der Waals surface area contributed by atoms with Crippen LogP contribution in [0.5, 0.6) is 0 Å². The first-order chi connectivity index (χ1) is 6.97. The second-order valence-electron chi connectivity index (χ2n) is 4.07. The third kappa shape index (κ3) is 2.37. The molecule has 1 rings (SSSR count). The SMILES string of the molecule is COC(=O)[C@@H]1CC(C)=C[C@H](C)[C@@H]1C(=O)O. The van der Waals surface area contributed by atoms with Gasteiger partial charge < -0.3 is 9.84 Å². The van der Waals surface area contributed by atoms with Gasteiger partial charge in [-0.1, -0.05) is 18.6 Å². The van der Waals surface area contributed by atoms with E-state index >= 15 is 0 Å². The standard InChI is InChI=1S/C11H16O4/c1-6-4-7(2)9(10(12)13)8(5-6)11(14)15-3/h4,7-9H,5H2,1-3H3,(H,12,13)/t7-,8+,9-/m0/s1. The largest absolute Gasteiger partial charge is 0.481 e. The van der Waals surface area contributed by atoms with Crippen LogP contribution in [0, 0.1) is 17.8 Å². The quantitative estimate of drug-likeness (QED) is 0.556. The third-order valence-corrected chi connectivity index (χ3v) is 2.88. The summed E-state index contributed by atoms with van der Waals surface area (Å²) < 4.78 is 4.64. The van der Waals surface area contributed by atoms with Gasteiger partial charge in [0.25, 0.3) is 0 Å². The number of methoxy groups -OCH3 is 1. The van der Waals surface area contributed by atoms with Crippen molar-refractivity contribution in [2.75, 3.05) is 7.11 Å². The van der Waals surface area contributed by atoms with Gasteiger partial charge in [0.05, 0.1) is 18.9 Å². The van der Waals surface area contributed by atoms with Crippen LogP contribution in [0.15, 0.2) is 11.6 Å². The first kappa shape index (κ1) is 11.8. The predicted molar refractivity (Wildman–Crippen MR) is 54.2 cm³/mol. The van der Waals surface area contributed by atoms with E-state index in [0.717, 1.165) is 5.57 Å². The van der Waals surface area contributed by atoms with Crippen molar-refractivity contribution in [3.05, 3.63) is 11.6 Å². The Morgan fingerprint density at radius 3 is 2.60 bits per heavy atom. The van der Waals surface area contributed by atoms with Crippen molar-refractivity contribution in [1.29, 1.82) is 0 Å². The van der Waals surface area contributed by atoms with Crippen LogP contribution in [0.3, 0.4) is 0 Å². The van der Waals surface area contributed by atoms with Gasteiger partial charge in [-0.15, -0.1) is 0 Å². The number of hydrogen-bond acceptors (Lipinski definition) is 3. The monoisotopic (exact) mass is 212 g/mol. The molecule has 0 radical (unpaired) electrons. The van der Waals surface area contributed by atoms with Crippen molar-refractivity contribution < 1.29 is 19.4 Å². The Balaban J connectivity index is 2.97. The number of esters is 1. The molecule has 4 heteroatoms. The smallest absolute Gasteiger partial charge is 0.309 e. The van der Waals surface area contributed by atoms with Crippen LogP contribution < -0.4 is 0 Å². The Morgan fingerprint density at radius 1 is 1.53 bits per heavy atom. The van der Waals surface area contributed by atoms with Gasteiger partial charge in [0.1, 0.15) is 0 Å². The van der Waals surface area contributed by atoms with Crippen LogP contribution in [-0.4, -0.2) is 24.2 Å². The summed E-state index contributed by atoms with van der Waals surface area (Å²) in [7, 11) is 1.29. The molecule has 4 nitrogen and oxygen atoms in total. The molecule has 1 aliphatic rings. The summed E-state index contributed by atoms with van der Waals surface area (Å²) in [6.07, 6.45) is 2.40. The fourth-order valence-electron chi connectivity index (χ4n) is 2.24. The van der Waals surface area contributed by atoms with Crippen molar-refractivity contribution in [3.8, 4) is 0 Å². The normalized spacial score (nSPS) is 30.6. The molecule has 0 saturated carbocycles. The van der Waals surface area contributed by atoms with Crippen LogP contribution >= 0.6 is 0 Å². The molecular weight excluding hydrogens is 196 g/mol. The van der Waals surface area contributed by atoms with Gasteiger partial charge in [0.2, 0.25) is 0 Å². The van der Waals surface area contributed by atoms with Crippen LogP contribution in [0.2, 0.25) is 0 Å². The lowest BCUT2D eigenvalue weighted by Gasteiger charge is -2.30. The van der Waals surface area contributed by atoms with Gasteiger partial charge in [0.15, 0.2) is 0 Å². The number of carbonyl (C=O) groups is 2.